The van der Waals surface area contributed by atoms with Crippen molar-refractivity contribution in [2.24, 2.45) is 0 Å². The van der Waals surface area contributed by atoms with Crippen molar-refractivity contribution in [1.29, 1.82) is 0 Å². The van der Waals surface area contributed by atoms with Crippen LogP contribution >= 0.6 is 0 Å². The molecule has 1 aromatic carbocycles. The van der Waals surface area contributed by atoms with E-state index in [0.29, 0.717) is 12.0 Å². The fraction of sp³-hybridized carbons (Fsp3) is 0.500. The van der Waals surface area contributed by atoms with E-state index in [4.69, 9.17) is 9.47 Å². The number of fused-ring (bicyclic) bond motifs is 3. The van der Waals surface area contributed by atoms with Gasteiger partial charge in [0.05, 0.1) is 19.8 Å². The maximum Gasteiger partial charge on any atom is 0.119 e. The lowest BCUT2D eigenvalue weighted by atomic mass is 9.89. The minimum absolute atomic E-state index is 0.367. The van der Waals surface area contributed by atoms with Gasteiger partial charge in [0.25, 0.3) is 0 Å². The summed E-state index contributed by atoms with van der Waals surface area (Å²) in [6.45, 7) is 2.73. The number of benzene rings is 1. The maximum absolute atomic E-state index is 5.81. The zero-order valence-electron chi connectivity index (χ0n) is 8.82. The Morgan fingerprint density at radius 2 is 2.33 bits per heavy atom. The van der Waals surface area contributed by atoms with E-state index in [2.05, 4.69) is 17.4 Å². The highest BCUT2D eigenvalue weighted by molar-refractivity contribution is 5.40. The van der Waals surface area contributed by atoms with Crippen molar-refractivity contribution < 1.29 is 9.47 Å². The molecule has 3 nitrogen and oxygen atoms in total. The van der Waals surface area contributed by atoms with Gasteiger partial charge < -0.3 is 14.8 Å². The second-order valence-electron chi connectivity index (χ2n) is 4.18. The zero-order chi connectivity index (χ0) is 10.3. The predicted octanol–water partition coefficient (Wildman–Crippen LogP) is 1.28. The summed E-state index contributed by atoms with van der Waals surface area (Å²) in [5, 5.41) is 3.38. The van der Waals surface area contributed by atoms with Gasteiger partial charge in [-0.3, -0.25) is 0 Å². The van der Waals surface area contributed by atoms with Gasteiger partial charge >= 0.3 is 0 Å². The Balaban J connectivity index is 2.00. The van der Waals surface area contributed by atoms with Gasteiger partial charge in [-0.2, -0.15) is 0 Å². The molecule has 1 fully saturated rings. The van der Waals surface area contributed by atoms with Crippen LogP contribution < -0.4 is 10.1 Å². The Kier molecular flexibility index (Phi) is 2.15. The molecule has 2 atom stereocenters. The normalized spacial score (nSPS) is 28.3. The Labute approximate surface area is 89.4 Å². The molecule has 0 spiro atoms. The summed E-state index contributed by atoms with van der Waals surface area (Å²) in [6, 6.07) is 6.31. The Bertz CT molecular complexity index is 378. The highest BCUT2D eigenvalue weighted by Crippen LogP contribution is 2.35. The predicted molar refractivity (Wildman–Crippen MR) is 57.2 cm³/mol. The lowest BCUT2D eigenvalue weighted by Gasteiger charge is -2.28. The third-order valence-corrected chi connectivity index (χ3v) is 3.36. The van der Waals surface area contributed by atoms with E-state index in [0.717, 1.165) is 25.4 Å². The molecule has 0 radical (unpaired) electrons. The largest absolute Gasteiger partial charge is 0.497 e. The second kappa shape index (κ2) is 3.51. The molecule has 3 heteroatoms. The van der Waals surface area contributed by atoms with E-state index in [9.17, 15) is 0 Å². The average molecular weight is 205 g/mol. The first kappa shape index (κ1) is 9.19. The van der Waals surface area contributed by atoms with Crippen molar-refractivity contribution in [3.05, 3.63) is 29.3 Å². The lowest BCUT2D eigenvalue weighted by molar-refractivity contribution is 0.0298. The summed E-state index contributed by atoms with van der Waals surface area (Å²) in [7, 11) is 1.70. The lowest BCUT2D eigenvalue weighted by Crippen LogP contribution is -2.26. The van der Waals surface area contributed by atoms with Crippen LogP contribution in [-0.4, -0.2) is 26.3 Å². The van der Waals surface area contributed by atoms with Gasteiger partial charge in [0.1, 0.15) is 5.75 Å². The molecule has 0 aliphatic carbocycles. The maximum atomic E-state index is 5.81. The van der Waals surface area contributed by atoms with Gasteiger partial charge in [-0.05, 0) is 23.3 Å². The topological polar surface area (TPSA) is 30.5 Å². The number of ether oxygens (including phenoxy) is 2. The number of methoxy groups -OCH3 is 1. The van der Waals surface area contributed by atoms with Gasteiger partial charge in [0, 0.05) is 19.0 Å². The molecule has 0 amide bonds. The van der Waals surface area contributed by atoms with Crippen molar-refractivity contribution in [2.75, 3.05) is 20.2 Å². The third-order valence-electron chi connectivity index (χ3n) is 3.36. The SMILES string of the molecule is COc1ccc2c(c1)CO[C@H]1CNC[C@@H]21. The first-order chi connectivity index (χ1) is 7.38. The van der Waals surface area contributed by atoms with Crippen LogP contribution in [0, 0.1) is 0 Å². The van der Waals surface area contributed by atoms with Crippen LogP contribution in [0.4, 0.5) is 0 Å². The standard InChI is InChI=1S/C12H15NO2/c1-14-9-2-3-10-8(4-9)7-15-12-6-13-5-11(10)12/h2-4,11-13H,5-7H2,1H3/t11-,12-/m0/s1. The van der Waals surface area contributed by atoms with Crippen molar-refractivity contribution in [3.8, 4) is 5.75 Å². The van der Waals surface area contributed by atoms with Crippen LogP contribution in [0.2, 0.25) is 0 Å². The van der Waals surface area contributed by atoms with E-state index < -0.39 is 0 Å². The van der Waals surface area contributed by atoms with Crippen molar-refractivity contribution in [2.45, 2.75) is 18.6 Å². The number of hydrogen-bond acceptors (Lipinski definition) is 3. The Morgan fingerprint density at radius 1 is 1.40 bits per heavy atom. The summed E-state index contributed by atoms with van der Waals surface area (Å²) in [5.41, 5.74) is 2.70. The molecule has 0 bridgehead atoms. The summed E-state index contributed by atoms with van der Waals surface area (Å²) in [4.78, 5) is 0. The van der Waals surface area contributed by atoms with E-state index in [1.165, 1.54) is 11.1 Å². The quantitative estimate of drug-likeness (QED) is 0.749. The smallest absolute Gasteiger partial charge is 0.119 e. The molecule has 1 aromatic rings. The molecule has 1 N–H and O–H groups in total. The number of rotatable bonds is 1. The van der Waals surface area contributed by atoms with Crippen molar-refractivity contribution in [3.63, 3.8) is 0 Å². The van der Waals surface area contributed by atoms with Gasteiger partial charge in [0.2, 0.25) is 0 Å². The van der Waals surface area contributed by atoms with Crippen LogP contribution in [0.25, 0.3) is 0 Å². The zero-order valence-corrected chi connectivity index (χ0v) is 8.82. The fourth-order valence-electron chi connectivity index (χ4n) is 2.53. The summed E-state index contributed by atoms with van der Waals surface area (Å²) in [5.74, 6) is 1.45. The van der Waals surface area contributed by atoms with Crippen LogP contribution in [0.1, 0.15) is 17.0 Å². The first-order valence-electron chi connectivity index (χ1n) is 5.37. The van der Waals surface area contributed by atoms with Crippen LogP contribution in [0.15, 0.2) is 18.2 Å². The van der Waals surface area contributed by atoms with E-state index in [1.54, 1.807) is 7.11 Å². The molecule has 0 saturated carbocycles. The second-order valence-corrected chi connectivity index (χ2v) is 4.18. The highest BCUT2D eigenvalue weighted by Gasteiger charge is 2.34. The van der Waals surface area contributed by atoms with Crippen molar-refractivity contribution >= 4 is 0 Å². The molecule has 2 aliphatic heterocycles. The minimum atomic E-state index is 0.367. The van der Waals surface area contributed by atoms with E-state index in [-0.39, 0.29) is 0 Å². The van der Waals surface area contributed by atoms with Crippen LogP contribution in [-0.2, 0) is 11.3 Å². The average Bonchev–Trinajstić information content (AvgIpc) is 2.76. The third kappa shape index (κ3) is 1.43. The van der Waals surface area contributed by atoms with Crippen molar-refractivity contribution in [1.82, 2.24) is 5.32 Å². The molecule has 80 valence electrons. The minimum Gasteiger partial charge on any atom is -0.497 e. The van der Waals surface area contributed by atoms with E-state index in [1.807, 2.05) is 6.07 Å². The first-order valence-corrected chi connectivity index (χ1v) is 5.37. The number of hydrogen-bond donors (Lipinski definition) is 1. The molecule has 2 heterocycles. The van der Waals surface area contributed by atoms with Gasteiger partial charge in [-0.25, -0.2) is 0 Å². The molecule has 0 aromatic heterocycles. The number of nitrogens with one attached hydrogen (secondary N) is 1. The highest BCUT2D eigenvalue weighted by atomic mass is 16.5. The molecular formula is C12H15NO2. The van der Waals surface area contributed by atoms with E-state index >= 15 is 0 Å². The summed E-state index contributed by atoms with van der Waals surface area (Å²) >= 11 is 0. The molecule has 1 saturated heterocycles. The molecular weight excluding hydrogens is 190 g/mol. The van der Waals surface area contributed by atoms with Gasteiger partial charge in [-0.1, -0.05) is 6.07 Å². The van der Waals surface area contributed by atoms with Gasteiger partial charge in [-0.15, -0.1) is 0 Å². The molecule has 15 heavy (non-hydrogen) atoms. The van der Waals surface area contributed by atoms with Crippen LogP contribution in [0.3, 0.4) is 0 Å². The van der Waals surface area contributed by atoms with Crippen LogP contribution in [0.5, 0.6) is 5.75 Å². The summed E-state index contributed by atoms with van der Waals surface area (Å²) < 4.78 is 11.0. The van der Waals surface area contributed by atoms with Gasteiger partial charge in [0.15, 0.2) is 0 Å². The molecule has 3 rings (SSSR count). The molecule has 2 aliphatic rings. The Morgan fingerprint density at radius 3 is 3.20 bits per heavy atom. The fourth-order valence-corrected chi connectivity index (χ4v) is 2.53. The monoisotopic (exact) mass is 205 g/mol. The summed E-state index contributed by atoms with van der Waals surface area (Å²) in [6.07, 6.45) is 0.367. The molecule has 0 unspecified atom stereocenters. The Hall–Kier alpha value is -1.06.